The van der Waals surface area contributed by atoms with E-state index in [0.717, 1.165) is 5.82 Å². The van der Waals surface area contributed by atoms with Crippen LogP contribution in [0.2, 0.25) is 0 Å². The smallest absolute Gasteiger partial charge is 0.148 e. The third kappa shape index (κ3) is 6.13. The van der Waals surface area contributed by atoms with E-state index in [1.54, 1.807) is 0 Å². The summed E-state index contributed by atoms with van der Waals surface area (Å²) >= 11 is 0. The van der Waals surface area contributed by atoms with Gasteiger partial charge in [0, 0.05) is 23.2 Å². The first-order valence-electron chi connectivity index (χ1n) is 7.76. The third-order valence-electron chi connectivity index (χ3n) is 3.52. The topological polar surface area (TPSA) is 40.7 Å². The molecule has 1 aromatic heterocycles. The van der Waals surface area contributed by atoms with E-state index in [9.17, 15) is 0 Å². The molecule has 0 spiro atoms. The van der Waals surface area contributed by atoms with Crippen LogP contribution < -0.4 is 5.32 Å². The summed E-state index contributed by atoms with van der Waals surface area (Å²) in [5.74, 6) is 0.978. The Labute approximate surface area is 118 Å². The first kappa shape index (κ1) is 16.1. The summed E-state index contributed by atoms with van der Waals surface area (Å²) in [5.41, 5.74) is 1.32. The fraction of sp³-hybridized carbons (Fsp3) is 0.812. The van der Waals surface area contributed by atoms with Crippen LogP contribution in [0.25, 0.3) is 0 Å². The Morgan fingerprint density at radius 1 is 1.21 bits per heavy atom. The number of unbranched alkanes of at least 4 members (excludes halogenated alkanes) is 4. The fourth-order valence-corrected chi connectivity index (χ4v) is 2.16. The first-order chi connectivity index (χ1) is 8.93. The standard InChI is InChI=1S/C16H31N3/c1-6-7-8-9-10-11-13(2)17-15-12-14(18-19-15)16(3,4)5/h12-13H,6-11H2,1-5H3,(H2,17,18,19). The van der Waals surface area contributed by atoms with Gasteiger partial charge in [0.05, 0.1) is 0 Å². The molecule has 0 saturated heterocycles. The normalized spacial score (nSPS) is 13.5. The summed E-state index contributed by atoms with van der Waals surface area (Å²) in [6.45, 7) is 11.1. The van der Waals surface area contributed by atoms with Crippen molar-refractivity contribution < 1.29 is 0 Å². The summed E-state index contributed by atoms with van der Waals surface area (Å²) < 4.78 is 0. The maximum Gasteiger partial charge on any atom is 0.148 e. The van der Waals surface area contributed by atoms with Crippen LogP contribution in [0.15, 0.2) is 6.07 Å². The molecule has 1 unspecified atom stereocenters. The van der Waals surface area contributed by atoms with Gasteiger partial charge in [-0.3, -0.25) is 5.10 Å². The number of hydrogen-bond acceptors (Lipinski definition) is 2. The predicted octanol–water partition coefficient (Wildman–Crippen LogP) is 4.87. The number of aromatic nitrogens is 2. The van der Waals surface area contributed by atoms with Gasteiger partial charge in [-0.15, -0.1) is 0 Å². The lowest BCUT2D eigenvalue weighted by molar-refractivity contribution is 0.567. The third-order valence-corrected chi connectivity index (χ3v) is 3.52. The quantitative estimate of drug-likeness (QED) is 0.658. The van der Waals surface area contributed by atoms with Gasteiger partial charge in [-0.05, 0) is 13.3 Å². The van der Waals surface area contributed by atoms with Crippen LogP contribution in [0.4, 0.5) is 5.82 Å². The van der Waals surface area contributed by atoms with Crippen molar-refractivity contribution in [3.05, 3.63) is 11.8 Å². The lowest BCUT2D eigenvalue weighted by atomic mass is 9.92. The van der Waals surface area contributed by atoms with E-state index in [1.165, 1.54) is 44.2 Å². The van der Waals surface area contributed by atoms with Crippen molar-refractivity contribution in [1.29, 1.82) is 0 Å². The van der Waals surface area contributed by atoms with Crippen LogP contribution in [0.3, 0.4) is 0 Å². The molecule has 1 rings (SSSR count). The number of H-pyrrole nitrogens is 1. The van der Waals surface area contributed by atoms with Crippen LogP contribution in [-0.4, -0.2) is 16.2 Å². The SMILES string of the molecule is CCCCCCCC(C)Nc1cc(C(C)(C)C)[nH]n1. The van der Waals surface area contributed by atoms with E-state index >= 15 is 0 Å². The molecule has 0 radical (unpaired) electrons. The second-order valence-electron chi connectivity index (χ2n) is 6.67. The highest BCUT2D eigenvalue weighted by Gasteiger charge is 2.17. The zero-order valence-corrected chi connectivity index (χ0v) is 13.3. The van der Waals surface area contributed by atoms with Gasteiger partial charge < -0.3 is 5.32 Å². The Hall–Kier alpha value is -0.990. The number of nitrogens with zero attached hydrogens (tertiary/aromatic N) is 1. The van der Waals surface area contributed by atoms with Crippen molar-refractivity contribution in [2.75, 3.05) is 5.32 Å². The molecule has 1 aromatic rings. The molecule has 0 aliphatic rings. The molecule has 110 valence electrons. The van der Waals surface area contributed by atoms with Gasteiger partial charge in [0.1, 0.15) is 5.82 Å². The van der Waals surface area contributed by atoms with Gasteiger partial charge in [0.2, 0.25) is 0 Å². The average molecular weight is 265 g/mol. The van der Waals surface area contributed by atoms with E-state index in [2.05, 4.69) is 56.2 Å². The monoisotopic (exact) mass is 265 g/mol. The number of aromatic amines is 1. The van der Waals surface area contributed by atoms with Gasteiger partial charge >= 0.3 is 0 Å². The zero-order chi connectivity index (χ0) is 14.3. The van der Waals surface area contributed by atoms with Crippen LogP contribution in [-0.2, 0) is 5.41 Å². The summed E-state index contributed by atoms with van der Waals surface area (Å²) in [7, 11) is 0. The van der Waals surface area contributed by atoms with Crippen molar-refractivity contribution >= 4 is 5.82 Å². The van der Waals surface area contributed by atoms with Crippen LogP contribution in [0.1, 0.15) is 78.8 Å². The molecule has 1 heterocycles. The minimum Gasteiger partial charge on any atom is -0.366 e. The molecule has 0 aliphatic heterocycles. The van der Waals surface area contributed by atoms with E-state index in [0.29, 0.717) is 6.04 Å². The molecule has 0 amide bonds. The predicted molar refractivity (Wildman–Crippen MR) is 83.7 cm³/mol. The number of nitrogens with one attached hydrogen (secondary N) is 2. The van der Waals surface area contributed by atoms with Crippen molar-refractivity contribution in [3.8, 4) is 0 Å². The number of rotatable bonds is 8. The van der Waals surface area contributed by atoms with Crippen LogP contribution in [0, 0.1) is 0 Å². The summed E-state index contributed by atoms with van der Waals surface area (Å²) in [5, 5.41) is 10.9. The largest absolute Gasteiger partial charge is 0.366 e. The second-order valence-corrected chi connectivity index (χ2v) is 6.67. The highest BCUT2D eigenvalue weighted by atomic mass is 15.2. The van der Waals surface area contributed by atoms with E-state index < -0.39 is 0 Å². The van der Waals surface area contributed by atoms with E-state index in [-0.39, 0.29) is 5.41 Å². The Morgan fingerprint density at radius 2 is 1.89 bits per heavy atom. The highest BCUT2D eigenvalue weighted by Crippen LogP contribution is 2.22. The summed E-state index contributed by atoms with van der Waals surface area (Å²) in [4.78, 5) is 0. The molecule has 19 heavy (non-hydrogen) atoms. The maximum atomic E-state index is 4.34. The number of anilines is 1. The minimum absolute atomic E-state index is 0.135. The van der Waals surface area contributed by atoms with Crippen LogP contribution in [0.5, 0.6) is 0 Å². The maximum absolute atomic E-state index is 4.34. The Kier molecular flexibility index (Phi) is 6.40. The van der Waals surface area contributed by atoms with Gasteiger partial charge in [-0.25, -0.2) is 0 Å². The van der Waals surface area contributed by atoms with Crippen molar-refractivity contribution in [3.63, 3.8) is 0 Å². The highest BCUT2D eigenvalue weighted by molar-refractivity contribution is 5.38. The molecule has 0 fully saturated rings. The van der Waals surface area contributed by atoms with Crippen molar-refractivity contribution in [2.45, 2.75) is 84.6 Å². The van der Waals surface area contributed by atoms with Gasteiger partial charge in [0.25, 0.3) is 0 Å². The van der Waals surface area contributed by atoms with Gasteiger partial charge in [0.15, 0.2) is 0 Å². The first-order valence-corrected chi connectivity index (χ1v) is 7.76. The molecular formula is C16H31N3. The summed E-state index contributed by atoms with van der Waals surface area (Å²) in [6.07, 6.45) is 7.95. The molecular weight excluding hydrogens is 234 g/mol. The van der Waals surface area contributed by atoms with E-state index in [4.69, 9.17) is 0 Å². The molecule has 0 bridgehead atoms. The van der Waals surface area contributed by atoms with Crippen molar-refractivity contribution in [2.24, 2.45) is 0 Å². The molecule has 0 saturated carbocycles. The Balaban J connectivity index is 2.28. The van der Waals surface area contributed by atoms with Gasteiger partial charge in [-0.2, -0.15) is 5.10 Å². The lowest BCUT2D eigenvalue weighted by Crippen LogP contribution is -2.15. The van der Waals surface area contributed by atoms with Crippen molar-refractivity contribution in [1.82, 2.24) is 10.2 Å². The molecule has 1 atom stereocenters. The molecule has 3 heteroatoms. The number of hydrogen-bond donors (Lipinski definition) is 2. The molecule has 2 N–H and O–H groups in total. The molecule has 0 aliphatic carbocycles. The second kappa shape index (κ2) is 7.56. The zero-order valence-electron chi connectivity index (χ0n) is 13.3. The van der Waals surface area contributed by atoms with Gasteiger partial charge in [-0.1, -0.05) is 59.8 Å². The molecule has 0 aromatic carbocycles. The minimum atomic E-state index is 0.135. The Morgan fingerprint density at radius 3 is 2.47 bits per heavy atom. The Bertz CT molecular complexity index is 349. The lowest BCUT2D eigenvalue weighted by Gasteiger charge is -2.15. The fourth-order valence-electron chi connectivity index (χ4n) is 2.16. The average Bonchev–Trinajstić information content (AvgIpc) is 2.77. The van der Waals surface area contributed by atoms with E-state index in [1.807, 2.05) is 0 Å². The summed E-state index contributed by atoms with van der Waals surface area (Å²) in [6, 6.07) is 2.63. The van der Waals surface area contributed by atoms with Crippen LogP contribution >= 0.6 is 0 Å². The molecule has 3 nitrogen and oxygen atoms in total.